The van der Waals surface area contributed by atoms with Crippen LogP contribution in [0.5, 0.6) is 0 Å². The monoisotopic (exact) mass is 818 g/mol. The molecule has 0 bridgehead atoms. The number of rotatable bonds is 9. The Labute approximate surface area is 314 Å². The molecule has 0 spiro atoms. The van der Waals surface area contributed by atoms with Gasteiger partial charge in [0.05, 0.1) is 0 Å². The van der Waals surface area contributed by atoms with Crippen molar-refractivity contribution in [2.24, 2.45) is 0 Å². The maximum Gasteiger partial charge on any atom is -0.147 e. The van der Waals surface area contributed by atoms with Crippen LogP contribution in [0.4, 0.5) is 0 Å². The fraction of sp³-hybridized carbons (Fsp3) is 0.349. The third-order valence-electron chi connectivity index (χ3n) is 12.3. The summed E-state index contributed by atoms with van der Waals surface area (Å²) in [5.41, 5.74) is 15.1. The molecular formula is C43H58Cl2Si3Zr. The second kappa shape index (κ2) is 14.5. The topological polar surface area (TPSA) is 0 Å². The minimum atomic E-state index is -3.72. The van der Waals surface area contributed by atoms with Gasteiger partial charge in [-0.3, -0.25) is 0 Å². The van der Waals surface area contributed by atoms with Gasteiger partial charge in [0.25, 0.3) is 0 Å². The quantitative estimate of drug-likeness (QED) is 0.148. The molecule has 6 rings (SSSR count). The Morgan fingerprint density at radius 2 is 0.980 bits per heavy atom. The largest absolute Gasteiger partial charge is 0.147 e. The van der Waals surface area contributed by atoms with Crippen molar-refractivity contribution in [3.63, 3.8) is 0 Å². The molecule has 0 heterocycles. The Kier molecular flexibility index (Phi) is 11.9. The SMILES string of the molecule is CCC1=Cc2c(-c3ccc([Si](C)(C)C)cc3)cccc2[CH]1[Zr](=[SiH2])([CH2]C)([CH2]C)[CH]1C(C)=Cc2c(-c3ccc([Si](C)(C)C)cc3)cccc21.Cl.Cl. The fourth-order valence-corrected chi connectivity index (χ4v) is 35.5. The Bertz CT molecular complexity index is 1970. The third-order valence-corrected chi connectivity index (χ3v) is 47.4. The average Bonchev–Trinajstić information content (AvgIpc) is 3.62. The Hall–Kier alpha value is -1.53. The first-order valence-corrected chi connectivity index (χ1v) is 37.3. The summed E-state index contributed by atoms with van der Waals surface area (Å²) in [6.07, 6.45) is 6.36. The molecule has 0 N–H and O–H groups in total. The Balaban J connectivity index is 0.00000270. The van der Waals surface area contributed by atoms with Crippen molar-refractivity contribution in [3.8, 4) is 22.3 Å². The maximum absolute atomic E-state index is 3.72. The number of benzene rings is 4. The summed E-state index contributed by atoms with van der Waals surface area (Å²) in [4.78, 5) is 0. The van der Waals surface area contributed by atoms with Crippen molar-refractivity contribution in [2.45, 2.75) is 88.9 Å². The molecule has 0 amide bonds. The van der Waals surface area contributed by atoms with E-state index < -0.39 is 33.5 Å². The predicted octanol–water partition coefficient (Wildman–Crippen LogP) is 12.1. The molecule has 0 saturated carbocycles. The molecular weight excluding hydrogens is 763 g/mol. The van der Waals surface area contributed by atoms with E-state index in [9.17, 15) is 0 Å². The standard InChI is InChI=1S/C20H23Si.C19H21Si.2C2H5.2ClH.H2Si.Zr/c1-5-15-13-17-7-6-8-19(20(17)14-15)16-9-11-18(12-10-16)21(2,3)4;1-14-12-16-6-5-7-18(19(16)13-14)15-8-10-17(11-9-15)20(2,3)4;2*1-2;;;;/h6-14H,5H2,1-4H3;5-13H,1-4H3;2*1H2,2H3;2*1H;1H2;. The van der Waals surface area contributed by atoms with Crippen LogP contribution in [-0.2, 0) is 17.4 Å². The van der Waals surface area contributed by atoms with Crippen molar-refractivity contribution in [1.82, 2.24) is 0 Å². The summed E-state index contributed by atoms with van der Waals surface area (Å²) < 4.78 is 3.80. The molecule has 4 aromatic rings. The molecule has 0 nitrogen and oxygen atoms in total. The van der Waals surface area contributed by atoms with Gasteiger partial charge in [0.2, 0.25) is 0 Å². The van der Waals surface area contributed by atoms with Crippen LogP contribution in [-0.4, -0.2) is 23.0 Å². The summed E-state index contributed by atoms with van der Waals surface area (Å²) in [7, 11) is -2.68. The molecule has 4 aromatic carbocycles. The Morgan fingerprint density at radius 3 is 1.37 bits per heavy atom. The third kappa shape index (κ3) is 6.78. The molecule has 2 unspecified atom stereocenters. The first-order chi connectivity index (χ1) is 22.1. The molecule has 0 aromatic heterocycles. The van der Waals surface area contributed by atoms with E-state index in [1.165, 1.54) is 52.0 Å². The normalized spacial score (nSPS) is 17.4. The van der Waals surface area contributed by atoms with Gasteiger partial charge in [-0.2, -0.15) is 0 Å². The van der Waals surface area contributed by atoms with Gasteiger partial charge in [0, 0.05) is 0 Å². The average molecular weight is 821 g/mol. The maximum atomic E-state index is 2.64. The van der Waals surface area contributed by atoms with Crippen LogP contribution in [0.15, 0.2) is 96.1 Å². The van der Waals surface area contributed by atoms with Gasteiger partial charge < -0.3 is 0 Å². The van der Waals surface area contributed by atoms with Crippen molar-refractivity contribution >= 4 is 70.4 Å². The van der Waals surface area contributed by atoms with Gasteiger partial charge in [-0.05, 0) is 0 Å². The zero-order valence-corrected chi connectivity index (χ0v) is 39.0. The summed E-state index contributed by atoms with van der Waals surface area (Å²) in [5.74, 6) is 0. The van der Waals surface area contributed by atoms with E-state index in [4.69, 9.17) is 0 Å². The minimum absolute atomic E-state index is 0. The van der Waals surface area contributed by atoms with Crippen LogP contribution in [0, 0.1) is 0 Å². The van der Waals surface area contributed by atoms with E-state index in [-0.39, 0.29) is 24.8 Å². The first kappa shape index (κ1) is 40.2. The molecule has 0 saturated heterocycles. The zero-order valence-electron chi connectivity index (χ0n) is 31.5. The predicted molar refractivity (Wildman–Crippen MR) is 231 cm³/mol. The van der Waals surface area contributed by atoms with E-state index >= 15 is 0 Å². The van der Waals surface area contributed by atoms with Crippen LogP contribution in [0.2, 0.25) is 47.5 Å². The molecule has 2 aliphatic rings. The summed E-state index contributed by atoms with van der Waals surface area (Å²) >= 11 is -3.72. The molecule has 49 heavy (non-hydrogen) atoms. The minimum Gasteiger partial charge on any atom is -0.147 e. The number of allylic oxidation sites excluding steroid dienone is 2. The number of hydrogen-bond acceptors (Lipinski definition) is 0. The van der Waals surface area contributed by atoms with Gasteiger partial charge in [-0.1, -0.05) is 0 Å². The molecule has 0 fully saturated rings. The second-order valence-corrected chi connectivity index (χ2v) is 54.7. The second-order valence-electron chi connectivity index (χ2n) is 16.9. The summed E-state index contributed by atoms with van der Waals surface area (Å²) in [6, 6.07) is 33.7. The van der Waals surface area contributed by atoms with Gasteiger partial charge in [0.15, 0.2) is 0 Å². The molecule has 260 valence electrons. The zero-order chi connectivity index (χ0) is 34.0. The molecule has 2 atom stereocenters. The summed E-state index contributed by atoms with van der Waals surface area (Å²) in [6.45, 7) is 27.2. The van der Waals surface area contributed by atoms with E-state index in [1.54, 1.807) is 22.3 Å². The van der Waals surface area contributed by atoms with Crippen LogP contribution in [0.25, 0.3) is 34.4 Å². The van der Waals surface area contributed by atoms with Crippen molar-refractivity contribution in [1.29, 1.82) is 0 Å². The number of fused-ring (bicyclic) bond motifs is 2. The van der Waals surface area contributed by atoms with Gasteiger partial charge >= 0.3 is 292 Å². The van der Waals surface area contributed by atoms with Gasteiger partial charge in [0.1, 0.15) is 0 Å². The van der Waals surface area contributed by atoms with Gasteiger partial charge in [-0.15, -0.1) is 24.8 Å². The molecule has 6 heteroatoms. The van der Waals surface area contributed by atoms with E-state index in [2.05, 4.69) is 171 Å². The van der Waals surface area contributed by atoms with Crippen LogP contribution >= 0.6 is 24.8 Å². The fourth-order valence-electron chi connectivity index (χ4n) is 9.31. The van der Waals surface area contributed by atoms with E-state index in [0.717, 1.165) is 6.42 Å². The van der Waals surface area contributed by atoms with E-state index in [0.29, 0.717) is 7.25 Å². The van der Waals surface area contributed by atoms with Crippen LogP contribution in [0.1, 0.15) is 63.6 Å². The summed E-state index contributed by atoms with van der Waals surface area (Å²) in [5, 5.41) is 3.07. The smallest absolute Gasteiger partial charge is 0.147 e. The molecule has 0 aliphatic heterocycles. The molecule has 0 radical (unpaired) electrons. The number of hydrogen-bond donors (Lipinski definition) is 0. The first-order valence-electron chi connectivity index (χ1n) is 18.1. The molecule has 2 aliphatic carbocycles. The van der Waals surface area contributed by atoms with Crippen molar-refractivity contribution < 1.29 is 17.4 Å². The van der Waals surface area contributed by atoms with Gasteiger partial charge in [-0.25, -0.2) is 0 Å². The van der Waals surface area contributed by atoms with Crippen LogP contribution < -0.4 is 10.4 Å². The van der Waals surface area contributed by atoms with E-state index in [1.807, 2.05) is 0 Å². The van der Waals surface area contributed by atoms with Crippen molar-refractivity contribution in [3.05, 3.63) is 118 Å². The van der Waals surface area contributed by atoms with Crippen molar-refractivity contribution in [2.75, 3.05) is 0 Å². The van der Waals surface area contributed by atoms with Crippen LogP contribution in [0.3, 0.4) is 0 Å². The number of halogens is 2. The Morgan fingerprint density at radius 1 is 0.571 bits per heavy atom.